The van der Waals surface area contributed by atoms with Gasteiger partial charge in [-0.25, -0.2) is 0 Å². The molecule has 0 N–H and O–H groups in total. The molecule has 2 heteroatoms. The van der Waals surface area contributed by atoms with Crippen molar-refractivity contribution in [3.05, 3.63) is 0 Å². The zero-order chi connectivity index (χ0) is 3.58. The smallest absolute Gasteiger partial charge is 0.852 e. The molecule has 0 spiro atoms. The summed E-state index contributed by atoms with van der Waals surface area (Å²) >= 11 is 0. The Labute approximate surface area is 47.9 Å². The third-order valence-electron chi connectivity index (χ3n) is 0. The molecule has 0 rings (SSSR count). The molecule has 0 aromatic heterocycles. The fourth-order valence-corrected chi connectivity index (χ4v) is 0. The molecule has 0 amide bonds. The Morgan fingerprint density at radius 3 is 1.40 bits per heavy atom. The molecule has 0 aromatic rings. The third kappa shape index (κ3) is 69.9. The predicted molar refractivity (Wildman–Crippen MR) is 15.1 cm³/mol. The van der Waals surface area contributed by atoms with E-state index in [1.54, 1.807) is 13.8 Å². The largest absolute Gasteiger partial charge is 1.00 e. The van der Waals surface area contributed by atoms with Gasteiger partial charge < -0.3 is 5.11 Å². The molecule has 1 nitrogen and oxygen atoms in total. The van der Waals surface area contributed by atoms with Crippen LogP contribution in [0.5, 0.6) is 0 Å². The molecule has 0 saturated heterocycles. The summed E-state index contributed by atoms with van der Waals surface area (Å²) in [7, 11) is 0. The fourth-order valence-electron chi connectivity index (χ4n) is 0. The van der Waals surface area contributed by atoms with Gasteiger partial charge in [-0.3, -0.25) is 0 Å². The van der Waals surface area contributed by atoms with Crippen molar-refractivity contribution in [3.8, 4) is 0 Å². The predicted octanol–water partition coefficient (Wildman–Crippen LogP) is -0.247. The van der Waals surface area contributed by atoms with Crippen molar-refractivity contribution < 1.29 is 27.5 Å². The second-order valence-electron chi connectivity index (χ2n) is 1.05. The zero-order valence-electron chi connectivity index (χ0n) is 3.29. The molecule has 0 bridgehead atoms. The maximum Gasteiger partial charge on any atom is 1.00 e. The average Bonchev–Trinajstić information content (AvgIpc) is 0.811. The van der Waals surface area contributed by atoms with Crippen molar-refractivity contribution in [3.63, 3.8) is 0 Å². The normalized spacial score (nSPS) is 7.20. The van der Waals surface area contributed by atoms with E-state index in [0.29, 0.717) is 0 Å². The number of hydrogen-bond donors (Lipinski definition) is 0. The van der Waals surface area contributed by atoms with Gasteiger partial charge in [-0.05, 0) is 0 Å². The first-order chi connectivity index (χ1) is 1.73. The molecule has 0 atom stereocenters. The first-order valence-electron chi connectivity index (χ1n) is 1.39. The summed E-state index contributed by atoms with van der Waals surface area (Å²) in [5.41, 5.74) is 0. The second kappa shape index (κ2) is 4.70. The summed E-state index contributed by atoms with van der Waals surface area (Å²) in [4.78, 5) is 0. The van der Waals surface area contributed by atoms with E-state index in [1.807, 2.05) is 0 Å². The Hall–Kier alpha value is 0.700. The zero-order valence-corrected chi connectivity index (χ0v) is 4.77. The van der Waals surface area contributed by atoms with Crippen LogP contribution in [-0.4, -0.2) is 6.10 Å². The molecule has 0 aliphatic carbocycles. The molecular formula is C3H7AgO. The van der Waals surface area contributed by atoms with Crippen molar-refractivity contribution in [2.24, 2.45) is 0 Å². The first-order valence-corrected chi connectivity index (χ1v) is 1.39. The minimum absolute atomic E-state index is 0. The standard InChI is InChI=1S/C3H7O.Ag/c1-3(2)4;/h3H,1-2H3;/q-1;+1. The van der Waals surface area contributed by atoms with Gasteiger partial charge in [0.1, 0.15) is 0 Å². The second-order valence-corrected chi connectivity index (χ2v) is 1.05. The van der Waals surface area contributed by atoms with E-state index in [-0.39, 0.29) is 22.4 Å². The first kappa shape index (κ1) is 9.20. The summed E-state index contributed by atoms with van der Waals surface area (Å²) in [5.74, 6) is 0. The van der Waals surface area contributed by atoms with Crippen LogP contribution in [0, 0.1) is 0 Å². The Kier molecular flexibility index (Phi) is 8.65. The van der Waals surface area contributed by atoms with Gasteiger partial charge in [0.05, 0.1) is 0 Å². The summed E-state index contributed by atoms with van der Waals surface area (Å²) < 4.78 is 0. The Bertz CT molecular complexity index is 11.6. The molecule has 5 heavy (non-hydrogen) atoms. The topological polar surface area (TPSA) is 23.1 Å². The van der Waals surface area contributed by atoms with Gasteiger partial charge in [0.15, 0.2) is 0 Å². The van der Waals surface area contributed by atoms with Crippen molar-refractivity contribution >= 4 is 0 Å². The van der Waals surface area contributed by atoms with Gasteiger partial charge in [0.25, 0.3) is 0 Å². The van der Waals surface area contributed by atoms with Gasteiger partial charge in [-0.2, -0.15) is 0 Å². The van der Waals surface area contributed by atoms with E-state index in [4.69, 9.17) is 0 Å². The molecular weight excluding hydrogens is 160 g/mol. The van der Waals surface area contributed by atoms with E-state index in [2.05, 4.69) is 0 Å². The van der Waals surface area contributed by atoms with Crippen molar-refractivity contribution in [2.75, 3.05) is 0 Å². The van der Waals surface area contributed by atoms with Crippen LogP contribution in [0.1, 0.15) is 13.8 Å². The molecule has 0 aliphatic rings. The monoisotopic (exact) mass is 166 g/mol. The van der Waals surface area contributed by atoms with Crippen LogP contribution in [0.2, 0.25) is 0 Å². The van der Waals surface area contributed by atoms with E-state index in [0.717, 1.165) is 0 Å². The molecule has 0 aliphatic heterocycles. The van der Waals surface area contributed by atoms with Crippen molar-refractivity contribution in [1.82, 2.24) is 0 Å². The van der Waals surface area contributed by atoms with E-state index in [9.17, 15) is 5.11 Å². The van der Waals surface area contributed by atoms with Crippen molar-refractivity contribution in [2.45, 2.75) is 20.0 Å². The van der Waals surface area contributed by atoms with Crippen LogP contribution in [-0.2, 0) is 22.4 Å². The minimum Gasteiger partial charge on any atom is -0.852 e. The Balaban J connectivity index is 0. The maximum atomic E-state index is 9.53. The Morgan fingerprint density at radius 2 is 1.40 bits per heavy atom. The van der Waals surface area contributed by atoms with Gasteiger partial charge in [0, 0.05) is 0 Å². The fraction of sp³-hybridized carbons (Fsp3) is 1.00. The molecule has 36 valence electrons. The van der Waals surface area contributed by atoms with E-state index >= 15 is 0 Å². The van der Waals surface area contributed by atoms with Gasteiger partial charge in [-0.1, -0.05) is 13.8 Å². The van der Waals surface area contributed by atoms with Crippen LogP contribution >= 0.6 is 0 Å². The van der Waals surface area contributed by atoms with Crippen molar-refractivity contribution in [1.29, 1.82) is 0 Å². The van der Waals surface area contributed by atoms with E-state index < -0.39 is 6.10 Å². The summed E-state index contributed by atoms with van der Waals surface area (Å²) in [6.45, 7) is 3.22. The van der Waals surface area contributed by atoms with E-state index in [1.165, 1.54) is 0 Å². The molecule has 0 fully saturated rings. The molecule has 0 radical (unpaired) electrons. The number of hydrogen-bond acceptors (Lipinski definition) is 1. The molecule has 0 unspecified atom stereocenters. The maximum absolute atomic E-state index is 9.53. The van der Waals surface area contributed by atoms with Crippen LogP contribution in [0.15, 0.2) is 0 Å². The van der Waals surface area contributed by atoms with Gasteiger partial charge in [-0.15, -0.1) is 6.10 Å². The molecule has 0 aromatic carbocycles. The quantitative estimate of drug-likeness (QED) is 0.456. The molecule has 0 saturated carbocycles. The van der Waals surface area contributed by atoms with Crippen LogP contribution in [0.3, 0.4) is 0 Å². The number of rotatable bonds is 0. The summed E-state index contributed by atoms with van der Waals surface area (Å²) in [6.07, 6.45) is -0.417. The molecule has 0 heterocycles. The van der Waals surface area contributed by atoms with Gasteiger partial charge >= 0.3 is 22.4 Å². The Morgan fingerprint density at radius 1 is 1.40 bits per heavy atom. The van der Waals surface area contributed by atoms with Crippen LogP contribution < -0.4 is 5.11 Å². The van der Waals surface area contributed by atoms with Gasteiger partial charge in [0.2, 0.25) is 0 Å². The third-order valence-corrected chi connectivity index (χ3v) is 0. The SMILES string of the molecule is CC(C)[O-].[Ag+]. The summed E-state index contributed by atoms with van der Waals surface area (Å²) in [5, 5.41) is 9.53. The van der Waals surface area contributed by atoms with Crippen LogP contribution in [0.4, 0.5) is 0 Å². The minimum atomic E-state index is -0.417. The average molecular weight is 167 g/mol. The van der Waals surface area contributed by atoms with Crippen LogP contribution in [0.25, 0.3) is 0 Å². The summed E-state index contributed by atoms with van der Waals surface area (Å²) in [6, 6.07) is 0.